The fourth-order valence-corrected chi connectivity index (χ4v) is 4.13. The summed E-state index contributed by atoms with van der Waals surface area (Å²) < 4.78 is 11.5. The third-order valence-corrected chi connectivity index (χ3v) is 5.49. The molecule has 0 aliphatic heterocycles. The molecule has 0 aliphatic carbocycles. The van der Waals surface area contributed by atoms with Crippen LogP contribution >= 0.6 is 22.7 Å². The van der Waals surface area contributed by atoms with Gasteiger partial charge in [0, 0.05) is 5.56 Å². The molecule has 0 unspecified atom stereocenters. The molecule has 0 amide bonds. The Morgan fingerprint density at radius 1 is 0.962 bits per heavy atom. The first-order chi connectivity index (χ1) is 12.7. The van der Waals surface area contributed by atoms with Crippen LogP contribution in [0.1, 0.15) is 0 Å². The van der Waals surface area contributed by atoms with Crippen LogP contribution in [0.3, 0.4) is 0 Å². The summed E-state index contributed by atoms with van der Waals surface area (Å²) in [5.41, 5.74) is 1.46. The fourth-order valence-electron chi connectivity index (χ4n) is 2.44. The molecule has 2 N–H and O–H groups in total. The first kappa shape index (κ1) is 16.6. The number of anilines is 2. The summed E-state index contributed by atoms with van der Waals surface area (Å²) in [6.07, 6.45) is 0. The number of thiazole rings is 1. The van der Waals surface area contributed by atoms with Crippen LogP contribution in [-0.2, 0) is 0 Å². The smallest absolute Gasteiger partial charge is 0.212 e. The highest BCUT2D eigenvalue weighted by Crippen LogP contribution is 2.36. The highest BCUT2D eigenvalue weighted by atomic mass is 32.1. The van der Waals surface area contributed by atoms with E-state index in [1.807, 2.05) is 24.3 Å². The summed E-state index contributed by atoms with van der Waals surface area (Å²) in [7, 11) is 3.19. The molecule has 4 rings (SSSR count). The lowest BCUT2D eigenvalue weighted by Gasteiger charge is -2.07. The number of phenolic OH excluding ortho intramolecular Hbond substituents is 1. The number of nitrogens with one attached hydrogen (secondary N) is 1. The molecular formula is C17H14N4O3S2. The monoisotopic (exact) mass is 386 g/mol. The van der Waals surface area contributed by atoms with E-state index in [0.29, 0.717) is 27.3 Å². The molecule has 0 spiro atoms. The van der Waals surface area contributed by atoms with E-state index in [4.69, 9.17) is 9.47 Å². The number of hydrogen-bond donors (Lipinski definition) is 2. The second-order valence-corrected chi connectivity index (χ2v) is 7.26. The number of nitrogens with zero attached hydrogens (tertiary/aromatic N) is 3. The molecule has 9 heteroatoms. The van der Waals surface area contributed by atoms with Gasteiger partial charge in [-0.05, 0) is 30.3 Å². The Labute approximate surface area is 156 Å². The Bertz CT molecular complexity index is 1080. The predicted octanol–water partition coefficient (Wildman–Crippen LogP) is 4.28. The van der Waals surface area contributed by atoms with E-state index in [9.17, 15) is 5.11 Å². The van der Waals surface area contributed by atoms with E-state index in [2.05, 4.69) is 20.5 Å². The summed E-state index contributed by atoms with van der Waals surface area (Å²) in [5, 5.41) is 23.4. The van der Waals surface area contributed by atoms with Gasteiger partial charge in [-0.3, -0.25) is 0 Å². The lowest BCUT2D eigenvalue weighted by atomic mass is 10.2. The van der Waals surface area contributed by atoms with Gasteiger partial charge in [-0.15, -0.1) is 10.2 Å². The van der Waals surface area contributed by atoms with Gasteiger partial charge in [0.15, 0.2) is 16.6 Å². The van der Waals surface area contributed by atoms with E-state index in [1.54, 1.807) is 26.4 Å². The molecule has 4 aromatic rings. The van der Waals surface area contributed by atoms with Gasteiger partial charge in [-0.1, -0.05) is 28.7 Å². The van der Waals surface area contributed by atoms with Gasteiger partial charge in [0.05, 0.1) is 18.9 Å². The average molecular weight is 386 g/mol. The molecule has 0 aliphatic rings. The van der Waals surface area contributed by atoms with E-state index in [0.717, 1.165) is 15.3 Å². The van der Waals surface area contributed by atoms with Crippen molar-refractivity contribution in [2.45, 2.75) is 0 Å². The van der Waals surface area contributed by atoms with Crippen LogP contribution in [-0.4, -0.2) is 34.5 Å². The number of phenols is 1. The van der Waals surface area contributed by atoms with Crippen molar-refractivity contribution in [3.8, 4) is 27.8 Å². The first-order valence-corrected chi connectivity index (χ1v) is 9.22. The highest BCUT2D eigenvalue weighted by Gasteiger charge is 2.13. The summed E-state index contributed by atoms with van der Waals surface area (Å²) in [4.78, 5) is 4.40. The molecule has 2 aromatic carbocycles. The lowest BCUT2D eigenvalue weighted by molar-refractivity contribution is 0.355. The van der Waals surface area contributed by atoms with Gasteiger partial charge in [-0.2, -0.15) is 0 Å². The molecule has 0 atom stereocenters. The fraction of sp³-hybridized carbons (Fsp3) is 0.118. The highest BCUT2D eigenvalue weighted by molar-refractivity contribution is 7.23. The number of aromatic nitrogens is 3. The quantitative estimate of drug-likeness (QED) is 0.529. The van der Waals surface area contributed by atoms with Crippen molar-refractivity contribution >= 4 is 43.2 Å². The van der Waals surface area contributed by atoms with E-state index < -0.39 is 0 Å². The Kier molecular flexibility index (Phi) is 4.31. The molecule has 0 saturated heterocycles. The van der Waals surface area contributed by atoms with Crippen molar-refractivity contribution in [1.29, 1.82) is 0 Å². The van der Waals surface area contributed by atoms with E-state index >= 15 is 0 Å². The van der Waals surface area contributed by atoms with E-state index in [1.165, 1.54) is 22.7 Å². The van der Waals surface area contributed by atoms with Crippen LogP contribution in [0.25, 0.3) is 20.8 Å². The number of benzene rings is 2. The number of hydrogen-bond acceptors (Lipinski definition) is 9. The second kappa shape index (κ2) is 6.77. The first-order valence-electron chi connectivity index (χ1n) is 7.59. The minimum Gasteiger partial charge on any atom is -0.506 e. The number of aromatic hydroxyl groups is 1. The minimum absolute atomic E-state index is 0.162. The van der Waals surface area contributed by atoms with Crippen LogP contribution in [0.15, 0.2) is 36.4 Å². The van der Waals surface area contributed by atoms with Crippen LogP contribution in [0, 0.1) is 0 Å². The third kappa shape index (κ3) is 3.02. The van der Waals surface area contributed by atoms with Gasteiger partial charge in [0.2, 0.25) is 5.13 Å². The van der Waals surface area contributed by atoms with Gasteiger partial charge < -0.3 is 19.9 Å². The molecule has 0 radical (unpaired) electrons. The zero-order valence-electron chi connectivity index (χ0n) is 13.9. The maximum Gasteiger partial charge on any atom is 0.212 e. The summed E-state index contributed by atoms with van der Waals surface area (Å²) >= 11 is 2.84. The SMILES string of the molecule is COc1ccc(-c2nnc(Nc3nc4c(O)cccc4s3)s2)cc1OC. The van der Waals surface area contributed by atoms with Crippen LogP contribution in [0.4, 0.5) is 10.3 Å². The number of rotatable bonds is 5. The van der Waals surface area contributed by atoms with Crippen molar-refractivity contribution in [2.24, 2.45) is 0 Å². The molecule has 0 saturated carbocycles. The zero-order valence-corrected chi connectivity index (χ0v) is 15.5. The van der Waals surface area contributed by atoms with Crippen LogP contribution in [0.2, 0.25) is 0 Å². The standard InChI is InChI=1S/C17H14N4O3S2/c1-23-11-7-6-9(8-12(11)24-2)15-20-21-17(26-15)19-16-18-14-10(22)4-3-5-13(14)25-16/h3-8,22H,1-2H3,(H,18,19,21). The summed E-state index contributed by atoms with van der Waals surface area (Å²) in [5.74, 6) is 1.46. The van der Waals surface area contributed by atoms with Crippen molar-refractivity contribution in [2.75, 3.05) is 19.5 Å². The third-order valence-electron chi connectivity index (χ3n) is 3.67. The number of fused-ring (bicyclic) bond motifs is 1. The predicted molar refractivity (Wildman–Crippen MR) is 103 cm³/mol. The summed E-state index contributed by atoms with van der Waals surface area (Å²) in [6, 6.07) is 10.9. The van der Waals surface area contributed by atoms with Crippen molar-refractivity contribution < 1.29 is 14.6 Å². The normalized spacial score (nSPS) is 10.8. The molecule has 0 fully saturated rings. The van der Waals surface area contributed by atoms with Crippen molar-refractivity contribution in [1.82, 2.24) is 15.2 Å². The minimum atomic E-state index is 0.162. The molecule has 2 heterocycles. The van der Waals surface area contributed by atoms with Crippen molar-refractivity contribution in [3.05, 3.63) is 36.4 Å². The molecule has 26 heavy (non-hydrogen) atoms. The van der Waals surface area contributed by atoms with Gasteiger partial charge in [0.1, 0.15) is 16.3 Å². The Morgan fingerprint density at radius 2 is 1.81 bits per heavy atom. The van der Waals surface area contributed by atoms with Crippen LogP contribution in [0.5, 0.6) is 17.2 Å². The lowest BCUT2D eigenvalue weighted by Crippen LogP contribution is -1.90. The van der Waals surface area contributed by atoms with Gasteiger partial charge >= 0.3 is 0 Å². The maximum atomic E-state index is 9.86. The molecule has 0 bridgehead atoms. The zero-order chi connectivity index (χ0) is 18.1. The number of ether oxygens (including phenoxy) is 2. The molecule has 7 nitrogen and oxygen atoms in total. The maximum absolute atomic E-state index is 9.86. The summed E-state index contributed by atoms with van der Waals surface area (Å²) in [6.45, 7) is 0. The Hall–Kier alpha value is -2.91. The Morgan fingerprint density at radius 3 is 2.58 bits per heavy atom. The molecule has 132 valence electrons. The largest absolute Gasteiger partial charge is 0.506 e. The van der Waals surface area contributed by atoms with Gasteiger partial charge in [-0.25, -0.2) is 4.98 Å². The van der Waals surface area contributed by atoms with E-state index in [-0.39, 0.29) is 5.75 Å². The average Bonchev–Trinajstić information content (AvgIpc) is 3.29. The number of para-hydroxylation sites is 1. The molecular weight excluding hydrogens is 372 g/mol. The van der Waals surface area contributed by atoms with Crippen molar-refractivity contribution in [3.63, 3.8) is 0 Å². The molecule has 2 aromatic heterocycles. The van der Waals surface area contributed by atoms with Gasteiger partial charge in [0.25, 0.3) is 0 Å². The van der Waals surface area contributed by atoms with Crippen LogP contribution < -0.4 is 14.8 Å². The topological polar surface area (TPSA) is 89.4 Å². The second-order valence-electron chi connectivity index (χ2n) is 5.25. The number of methoxy groups -OCH3 is 2. The Balaban J connectivity index is 1.60.